The lowest BCUT2D eigenvalue weighted by Crippen LogP contribution is -2.04. The average molecular weight is 292 g/mol. The van der Waals surface area contributed by atoms with E-state index in [1.807, 2.05) is 0 Å². The lowest BCUT2D eigenvalue weighted by Gasteiger charge is -2.02. The Morgan fingerprint density at radius 1 is 1.40 bits per heavy atom. The number of halogens is 2. The van der Waals surface area contributed by atoms with E-state index in [1.165, 1.54) is 12.1 Å². The molecule has 15 heavy (non-hydrogen) atoms. The van der Waals surface area contributed by atoms with Crippen molar-refractivity contribution in [2.24, 2.45) is 0 Å². The Balaban J connectivity index is 2.91. The summed E-state index contributed by atoms with van der Waals surface area (Å²) in [7, 11) is 0. The number of carbonyl (C=O) groups excluding carboxylic acids is 1. The van der Waals surface area contributed by atoms with Crippen LogP contribution < -0.4 is 0 Å². The first kappa shape index (κ1) is 12.2. The fraction of sp³-hybridized carbons (Fsp3) is 0.200. The second kappa shape index (κ2) is 5.28. The number of ketones is 1. The van der Waals surface area contributed by atoms with Crippen LogP contribution in [-0.4, -0.2) is 22.2 Å². The number of hydrogen-bond acceptors (Lipinski definition) is 2. The summed E-state index contributed by atoms with van der Waals surface area (Å²) >= 11 is 8.80. The van der Waals surface area contributed by atoms with Crippen LogP contribution >= 0.6 is 27.5 Å². The van der Waals surface area contributed by atoms with Gasteiger partial charge in [-0.3, -0.25) is 4.79 Å². The maximum absolute atomic E-state index is 11.1. The van der Waals surface area contributed by atoms with Gasteiger partial charge in [0.15, 0.2) is 0 Å². The summed E-state index contributed by atoms with van der Waals surface area (Å²) in [6.07, 6.45) is 0.255. The van der Waals surface area contributed by atoms with Gasteiger partial charge in [-0.1, -0.05) is 33.6 Å². The first-order valence-electron chi connectivity index (χ1n) is 4.14. The maximum Gasteiger partial charge on any atom is 0.337 e. The van der Waals surface area contributed by atoms with Crippen molar-refractivity contribution < 1.29 is 14.7 Å². The normalized spacial score (nSPS) is 10.0. The van der Waals surface area contributed by atoms with Gasteiger partial charge in [-0.2, -0.15) is 0 Å². The molecule has 0 heterocycles. The smallest absolute Gasteiger partial charge is 0.337 e. The van der Waals surface area contributed by atoms with E-state index in [0.717, 1.165) is 5.56 Å². The summed E-state index contributed by atoms with van der Waals surface area (Å²) in [6, 6.07) is 4.50. The highest BCUT2D eigenvalue weighted by molar-refractivity contribution is 9.09. The second-order valence-electron chi connectivity index (χ2n) is 2.97. The van der Waals surface area contributed by atoms with Gasteiger partial charge in [-0.05, 0) is 17.7 Å². The predicted octanol–water partition coefficient (Wildman–Crippen LogP) is 2.54. The van der Waals surface area contributed by atoms with E-state index in [-0.39, 0.29) is 28.1 Å². The Kier molecular flexibility index (Phi) is 4.29. The highest BCUT2D eigenvalue weighted by Gasteiger charge is 2.10. The maximum atomic E-state index is 11.1. The molecule has 0 aliphatic heterocycles. The number of carboxylic acid groups (broad SMARTS) is 1. The van der Waals surface area contributed by atoms with Crippen LogP contribution in [0.4, 0.5) is 0 Å². The third-order valence-corrected chi connectivity index (χ3v) is 2.75. The summed E-state index contributed by atoms with van der Waals surface area (Å²) in [5, 5.41) is 9.16. The van der Waals surface area contributed by atoms with Crippen molar-refractivity contribution in [2.75, 3.05) is 5.33 Å². The number of hydrogen-bond donors (Lipinski definition) is 1. The Bertz CT molecular complexity index is 404. The molecule has 5 heteroatoms. The van der Waals surface area contributed by atoms with E-state index in [9.17, 15) is 9.59 Å². The van der Waals surface area contributed by atoms with Gasteiger partial charge in [0.05, 0.1) is 15.9 Å². The zero-order chi connectivity index (χ0) is 11.4. The van der Waals surface area contributed by atoms with Crippen LogP contribution in [0, 0.1) is 0 Å². The molecule has 1 rings (SSSR count). The molecule has 0 spiro atoms. The van der Waals surface area contributed by atoms with Gasteiger partial charge in [0.25, 0.3) is 0 Å². The highest BCUT2D eigenvalue weighted by Crippen LogP contribution is 2.18. The van der Waals surface area contributed by atoms with Crippen LogP contribution in [0.5, 0.6) is 0 Å². The van der Waals surface area contributed by atoms with Crippen LogP contribution in [0.2, 0.25) is 5.02 Å². The van der Waals surface area contributed by atoms with Crippen LogP contribution in [0.25, 0.3) is 0 Å². The number of carboxylic acids is 1. The highest BCUT2D eigenvalue weighted by atomic mass is 79.9. The molecule has 0 saturated heterocycles. The van der Waals surface area contributed by atoms with Crippen LogP contribution in [0.15, 0.2) is 18.2 Å². The SMILES string of the molecule is O=C(CBr)Cc1ccc(C(=O)O)c(Cl)c1. The largest absolute Gasteiger partial charge is 0.478 e. The zero-order valence-electron chi connectivity index (χ0n) is 7.67. The van der Waals surface area contributed by atoms with Gasteiger partial charge in [0.1, 0.15) is 5.78 Å². The van der Waals surface area contributed by atoms with Crippen molar-refractivity contribution in [1.29, 1.82) is 0 Å². The molecule has 0 aliphatic carbocycles. The minimum atomic E-state index is -1.07. The number of aromatic carboxylic acids is 1. The van der Waals surface area contributed by atoms with Gasteiger partial charge in [-0.15, -0.1) is 0 Å². The van der Waals surface area contributed by atoms with E-state index >= 15 is 0 Å². The summed E-state index contributed by atoms with van der Waals surface area (Å²) in [5.74, 6) is -1.05. The molecule has 0 atom stereocenters. The molecule has 1 aromatic carbocycles. The van der Waals surface area contributed by atoms with E-state index in [0.29, 0.717) is 0 Å². The molecule has 1 aromatic rings. The fourth-order valence-corrected chi connectivity index (χ4v) is 1.60. The molecule has 1 N–H and O–H groups in total. The number of benzene rings is 1. The minimum absolute atomic E-state index is 0.0224. The molecule has 0 aliphatic rings. The van der Waals surface area contributed by atoms with Gasteiger partial charge in [-0.25, -0.2) is 4.79 Å². The first-order valence-corrected chi connectivity index (χ1v) is 5.64. The standard InChI is InChI=1S/C10H8BrClO3/c11-5-7(13)3-6-1-2-8(10(14)15)9(12)4-6/h1-2,4H,3,5H2,(H,14,15). The van der Waals surface area contributed by atoms with Crippen LogP contribution in [0.1, 0.15) is 15.9 Å². The Hall–Kier alpha value is -0.870. The third kappa shape index (κ3) is 3.32. The van der Waals surface area contributed by atoms with Crippen molar-refractivity contribution in [3.63, 3.8) is 0 Å². The van der Waals surface area contributed by atoms with Gasteiger partial charge in [0.2, 0.25) is 0 Å². The van der Waals surface area contributed by atoms with Crippen LogP contribution in [0.3, 0.4) is 0 Å². The molecule has 0 bridgehead atoms. The van der Waals surface area contributed by atoms with Crippen molar-refractivity contribution in [3.8, 4) is 0 Å². The number of alkyl halides is 1. The summed E-state index contributed by atoms with van der Waals surface area (Å²) in [5.41, 5.74) is 0.765. The Morgan fingerprint density at radius 2 is 2.07 bits per heavy atom. The molecule has 0 unspecified atom stereocenters. The van der Waals surface area contributed by atoms with Crippen molar-refractivity contribution in [3.05, 3.63) is 34.3 Å². The number of Topliss-reactive ketones (excluding diaryl/α,β-unsaturated/α-hetero) is 1. The first-order chi connectivity index (χ1) is 7.04. The summed E-state index contributed by atoms with van der Waals surface area (Å²) < 4.78 is 0. The van der Waals surface area contributed by atoms with Crippen molar-refractivity contribution in [1.82, 2.24) is 0 Å². The molecular weight excluding hydrogens is 283 g/mol. The van der Waals surface area contributed by atoms with Crippen LogP contribution in [-0.2, 0) is 11.2 Å². The molecular formula is C10H8BrClO3. The van der Waals surface area contributed by atoms with E-state index in [1.54, 1.807) is 6.07 Å². The average Bonchev–Trinajstić information content (AvgIpc) is 2.17. The monoisotopic (exact) mass is 290 g/mol. The predicted molar refractivity (Wildman–Crippen MR) is 60.9 cm³/mol. The zero-order valence-corrected chi connectivity index (χ0v) is 10.0. The minimum Gasteiger partial charge on any atom is -0.478 e. The second-order valence-corrected chi connectivity index (χ2v) is 3.94. The lowest BCUT2D eigenvalue weighted by molar-refractivity contribution is -0.115. The molecule has 0 amide bonds. The van der Waals surface area contributed by atoms with E-state index < -0.39 is 5.97 Å². The molecule has 0 aromatic heterocycles. The molecule has 3 nitrogen and oxygen atoms in total. The Morgan fingerprint density at radius 3 is 2.53 bits per heavy atom. The Labute approximate surface area is 100 Å². The molecule has 0 radical (unpaired) electrons. The fourth-order valence-electron chi connectivity index (χ4n) is 1.12. The van der Waals surface area contributed by atoms with E-state index in [4.69, 9.17) is 16.7 Å². The van der Waals surface area contributed by atoms with Gasteiger partial charge >= 0.3 is 5.97 Å². The molecule has 80 valence electrons. The topological polar surface area (TPSA) is 54.4 Å². The quantitative estimate of drug-likeness (QED) is 0.867. The molecule has 0 saturated carbocycles. The third-order valence-electron chi connectivity index (χ3n) is 1.81. The van der Waals surface area contributed by atoms with Gasteiger partial charge in [0, 0.05) is 6.42 Å². The number of rotatable bonds is 4. The summed E-state index contributed by atoms with van der Waals surface area (Å²) in [6.45, 7) is 0. The lowest BCUT2D eigenvalue weighted by atomic mass is 10.1. The molecule has 0 fully saturated rings. The number of carbonyl (C=O) groups is 2. The van der Waals surface area contributed by atoms with E-state index in [2.05, 4.69) is 15.9 Å². The van der Waals surface area contributed by atoms with Crippen molar-refractivity contribution in [2.45, 2.75) is 6.42 Å². The van der Waals surface area contributed by atoms with Crippen molar-refractivity contribution >= 4 is 39.3 Å². The van der Waals surface area contributed by atoms with Gasteiger partial charge < -0.3 is 5.11 Å². The summed E-state index contributed by atoms with van der Waals surface area (Å²) in [4.78, 5) is 21.8.